The summed E-state index contributed by atoms with van der Waals surface area (Å²) >= 11 is 0. The molecule has 2 N–H and O–H groups in total. The zero-order valence-corrected chi connectivity index (χ0v) is 9.90. The van der Waals surface area contributed by atoms with Gasteiger partial charge in [-0.05, 0) is 26.4 Å². The monoisotopic (exact) mass is 228 g/mol. The lowest BCUT2D eigenvalue weighted by atomic mass is 10.0. The molecule has 0 aliphatic carbocycles. The maximum Gasteiger partial charge on any atom is 0.306 e. The van der Waals surface area contributed by atoms with E-state index in [0.29, 0.717) is 0 Å². The molecule has 0 aromatic rings. The van der Waals surface area contributed by atoms with Gasteiger partial charge in [-0.25, -0.2) is 0 Å². The van der Waals surface area contributed by atoms with Crippen molar-refractivity contribution in [1.29, 1.82) is 0 Å². The summed E-state index contributed by atoms with van der Waals surface area (Å²) in [5.74, 6) is -1.69. The summed E-state index contributed by atoms with van der Waals surface area (Å²) in [7, 11) is 2.03. The number of hydrogen-bond donors (Lipinski definition) is 2. The Bertz CT molecular complexity index is 268. The summed E-state index contributed by atoms with van der Waals surface area (Å²) < 4.78 is 0. The fraction of sp³-hybridized carbons (Fsp3) is 0.818. The third-order valence-corrected chi connectivity index (χ3v) is 2.90. The zero-order chi connectivity index (χ0) is 12.1. The fourth-order valence-corrected chi connectivity index (χ4v) is 1.94. The van der Waals surface area contributed by atoms with Gasteiger partial charge in [-0.1, -0.05) is 6.92 Å². The Morgan fingerprint density at radius 3 is 2.81 bits per heavy atom. The molecule has 0 bridgehead atoms. The van der Waals surface area contributed by atoms with Gasteiger partial charge in [0, 0.05) is 19.0 Å². The molecule has 1 aliphatic heterocycles. The van der Waals surface area contributed by atoms with E-state index in [1.807, 2.05) is 7.05 Å². The van der Waals surface area contributed by atoms with Crippen molar-refractivity contribution in [2.24, 2.45) is 5.92 Å². The van der Waals surface area contributed by atoms with Crippen LogP contribution in [0.25, 0.3) is 0 Å². The summed E-state index contributed by atoms with van der Waals surface area (Å²) in [5.41, 5.74) is 0. The number of nitrogens with zero attached hydrogens (tertiary/aromatic N) is 1. The van der Waals surface area contributed by atoms with Crippen molar-refractivity contribution in [2.45, 2.75) is 32.2 Å². The molecular formula is C11H20N2O3. The maximum absolute atomic E-state index is 11.5. The Morgan fingerprint density at radius 1 is 1.56 bits per heavy atom. The number of carboxylic acid groups (broad SMARTS) is 1. The van der Waals surface area contributed by atoms with Crippen LogP contribution < -0.4 is 5.32 Å². The van der Waals surface area contributed by atoms with Crippen LogP contribution in [0.3, 0.4) is 0 Å². The smallest absolute Gasteiger partial charge is 0.306 e. The number of rotatable bonds is 4. The van der Waals surface area contributed by atoms with Crippen LogP contribution in [0.2, 0.25) is 0 Å². The third kappa shape index (κ3) is 4.18. The van der Waals surface area contributed by atoms with Crippen molar-refractivity contribution >= 4 is 11.9 Å². The minimum atomic E-state index is -0.920. The number of likely N-dealkylation sites (N-methyl/N-ethyl adjacent to an activating group) is 1. The maximum atomic E-state index is 11.5. The summed E-state index contributed by atoms with van der Waals surface area (Å²) in [6.45, 7) is 3.47. The van der Waals surface area contributed by atoms with E-state index < -0.39 is 11.9 Å². The highest BCUT2D eigenvalue weighted by molar-refractivity contribution is 5.82. The molecule has 1 rings (SSSR count). The van der Waals surface area contributed by atoms with E-state index in [9.17, 15) is 9.59 Å². The molecule has 2 atom stereocenters. The highest BCUT2D eigenvalue weighted by atomic mass is 16.4. The minimum absolute atomic E-state index is 0.0650. The largest absolute Gasteiger partial charge is 0.481 e. The number of carbonyl (C=O) groups is 2. The molecule has 0 radical (unpaired) electrons. The predicted molar refractivity (Wildman–Crippen MR) is 60.1 cm³/mol. The number of aliphatic carboxylic acids is 1. The molecule has 1 amide bonds. The Balaban J connectivity index is 2.30. The molecule has 1 aliphatic rings. The van der Waals surface area contributed by atoms with Crippen LogP contribution in [0.15, 0.2) is 0 Å². The number of carbonyl (C=O) groups excluding carboxylic acids is 1. The summed E-state index contributed by atoms with van der Waals surface area (Å²) in [6.07, 6.45) is 2.13. The predicted octanol–water partition coefficient (Wildman–Crippen LogP) is 0.308. The van der Waals surface area contributed by atoms with Crippen molar-refractivity contribution in [3.05, 3.63) is 0 Å². The molecule has 0 saturated carbocycles. The van der Waals surface area contributed by atoms with Gasteiger partial charge in [0.2, 0.25) is 5.91 Å². The van der Waals surface area contributed by atoms with Gasteiger partial charge in [0.1, 0.15) is 0 Å². The Morgan fingerprint density at radius 2 is 2.25 bits per heavy atom. The summed E-state index contributed by atoms with van der Waals surface area (Å²) in [4.78, 5) is 24.3. The second kappa shape index (κ2) is 5.84. The van der Waals surface area contributed by atoms with Gasteiger partial charge in [-0.3, -0.25) is 9.59 Å². The number of likely N-dealkylation sites (tertiary alicyclic amines) is 1. The van der Waals surface area contributed by atoms with E-state index in [0.717, 1.165) is 25.9 Å². The number of hydrogen-bond acceptors (Lipinski definition) is 3. The Labute approximate surface area is 95.8 Å². The van der Waals surface area contributed by atoms with Crippen LogP contribution in [-0.4, -0.2) is 48.1 Å². The van der Waals surface area contributed by atoms with Crippen LogP contribution in [-0.2, 0) is 9.59 Å². The number of amides is 1. The van der Waals surface area contributed by atoms with Gasteiger partial charge < -0.3 is 15.3 Å². The van der Waals surface area contributed by atoms with Crippen LogP contribution in [0.4, 0.5) is 0 Å². The Hall–Kier alpha value is -1.10. The first-order chi connectivity index (χ1) is 7.49. The van der Waals surface area contributed by atoms with Crippen molar-refractivity contribution in [3.8, 4) is 0 Å². The van der Waals surface area contributed by atoms with Gasteiger partial charge in [0.25, 0.3) is 0 Å². The molecule has 2 unspecified atom stereocenters. The van der Waals surface area contributed by atoms with Crippen molar-refractivity contribution in [1.82, 2.24) is 10.2 Å². The van der Waals surface area contributed by atoms with Crippen LogP contribution in [0.1, 0.15) is 26.2 Å². The molecule has 0 aromatic heterocycles. The standard InChI is InChI=1S/C11H20N2O3/c1-8(11(15)16)6-10(14)12-9-4-3-5-13(2)7-9/h8-9H,3-7H2,1-2H3,(H,12,14)(H,15,16). The molecule has 1 fully saturated rings. The lowest BCUT2D eigenvalue weighted by Crippen LogP contribution is -2.46. The normalized spacial score (nSPS) is 23.8. The first kappa shape index (κ1) is 13.0. The quantitative estimate of drug-likeness (QED) is 0.726. The van der Waals surface area contributed by atoms with Crippen molar-refractivity contribution in [2.75, 3.05) is 20.1 Å². The van der Waals surface area contributed by atoms with Crippen LogP contribution in [0, 0.1) is 5.92 Å². The molecule has 5 nitrogen and oxygen atoms in total. The molecule has 1 saturated heterocycles. The second-order valence-corrected chi connectivity index (χ2v) is 4.61. The third-order valence-electron chi connectivity index (χ3n) is 2.90. The summed E-state index contributed by atoms with van der Waals surface area (Å²) in [6, 6.07) is 0.173. The number of piperidine rings is 1. The first-order valence-electron chi connectivity index (χ1n) is 5.69. The van der Waals surface area contributed by atoms with E-state index in [-0.39, 0.29) is 18.4 Å². The molecule has 0 aromatic carbocycles. The average Bonchev–Trinajstić information content (AvgIpc) is 2.16. The molecule has 1 heterocycles. The van der Waals surface area contributed by atoms with Gasteiger partial charge in [-0.2, -0.15) is 0 Å². The lowest BCUT2D eigenvalue weighted by molar-refractivity contribution is -0.143. The lowest BCUT2D eigenvalue weighted by Gasteiger charge is -2.30. The van der Waals surface area contributed by atoms with E-state index in [1.165, 1.54) is 0 Å². The van der Waals surface area contributed by atoms with E-state index in [1.54, 1.807) is 6.92 Å². The van der Waals surface area contributed by atoms with Gasteiger partial charge in [0.15, 0.2) is 0 Å². The summed E-state index contributed by atoms with van der Waals surface area (Å²) in [5, 5.41) is 11.6. The fourth-order valence-electron chi connectivity index (χ4n) is 1.94. The van der Waals surface area contributed by atoms with Gasteiger partial charge >= 0.3 is 5.97 Å². The molecule has 92 valence electrons. The zero-order valence-electron chi connectivity index (χ0n) is 9.90. The van der Waals surface area contributed by atoms with E-state index in [2.05, 4.69) is 10.2 Å². The van der Waals surface area contributed by atoms with Crippen molar-refractivity contribution in [3.63, 3.8) is 0 Å². The first-order valence-corrected chi connectivity index (χ1v) is 5.69. The molecule has 0 spiro atoms. The SMILES string of the molecule is CC(CC(=O)NC1CCCN(C)C1)C(=O)O. The molecule has 5 heteroatoms. The second-order valence-electron chi connectivity index (χ2n) is 4.61. The molecule has 16 heavy (non-hydrogen) atoms. The molecular weight excluding hydrogens is 208 g/mol. The van der Waals surface area contributed by atoms with Gasteiger partial charge in [-0.15, -0.1) is 0 Å². The highest BCUT2D eigenvalue weighted by Crippen LogP contribution is 2.09. The van der Waals surface area contributed by atoms with Crippen LogP contribution in [0.5, 0.6) is 0 Å². The number of carboxylic acids is 1. The highest BCUT2D eigenvalue weighted by Gasteiger charge is 2.21. The Kier molecular flexibility index (Phi) is 4.73. The van der Waals surface area contributed by atoms with Crippen molar-refractivity contribution < 1.29 is 14.7 Å². The topological polar surface area (TPSA) is 69.6 Å². The minimum Gasteiger partial charge on any atom is -0.481 e. The van der Waals surface area contributed by atoms with E-state index in [4.69, 9.17) is 5.11 Å². The van der Waals surface area contributed by atoms with Gasteiger partial charge in [0.05, 0.1) is 5.92 Å². The average molecular weight is 228 g/mol. The number of nitrogens with one attached hydrogen (secondary N) is 1. The van der Waals surface area contributed by atoms with E-state index >= 15 is 0 Å². The van der Waals surface area contributed by atoms with Crippen LogP contribution >= 0.6 is 0 Å².